The van der Waals surface area contributed by atoms with Crippen LogP contribution in [-0.4, -0.2) is 48.9 Å². The molecule has 132 valence electrons. The lowest BCUT2D eigenvalue weighted by atomic mass is 9.88. The number of likely N-dealkylation sites (N-methyl/N-ethyl adjacent to an activating group) is 1. The molecule has 0 spiro atoms. The molecule has 1 heterocycles. The Morgan fingerprint density at radius 3 is 2.08 bits per heavy atom. The molecule has 0 bridgehead atoms. The topological polar surface area (TPSA) is 23.6 Å². The summed E-state index contributed by atoms with van der Waals surface area (Å²) in [5.74, 6) is -0.244. The summed E-state index contributed by atoms with van der Waals surface area (Å²) in [5, 5.41) is 0.659. The SMILES string of the molecule is CN1CCN(C(=O)CC(c2ccc(F)cc2)c2ccc(Cl)cc2)CC1. The Kier molecular flexibility index (Phi) is 5.71. The van der Waals surface area contributed by atoms with Crippen LogP contribution in [0.4, 0.5) is 4.39 Å². The molecule has 1 atom stereocenters. The minimum absolute atomic E-state index is 0.106. The molecule has 1 amide bonds. The van der Waals surface area contributed by atoms with Crippen molar-refractivity contribution in [3.63, 3.8) is 0 Å². The van der Waals surface area contributed by atoms with Gasteiger partial charge in [-0.05, 0) is 42.4 Å². The molecule has 0 aliphatic carbocycles. The summed E-state index contributed by atoms with van der Waals surface area (Å²) in [4.78, 5) is 16.9. The molecule has 0 N–H and O–H groups in total. The minimum atomic E-state index is -0.274. The van der Waals surface area contributed by atoms with E-state index in [1.165, 1.54) is 12.1 Å². The van der Waals surface area contributed by atoms with Gasteiger partial charge in [0.05, 0.1) is 0 Å². The van der Waals surface area contributed by atoms with Crippen LogP contribution in [0.25, 0.3) is 0 Å². The van der Waals surface area contributed by atoms with Gasteiger partial charge in [0, 0.05) is 43.5 Å². The Labute approximate surface area is 153 Å². The molecular formula is C20H22ClFN2O. The predicted octanol–water partition coefficient (Wildman–Crippen LogP) is 3.78. The van der Waals surface area contributed by atoms with E-state index in [1.807, 2.05) is 29.2 Å². The van der Waals surface area contributed by atoms with Crippen LogP contribution < -0.4 is 0 Å². The Bertz CT molecular complexity index is 664. The Hall–Kier alpha value is -1.91. The van der Waals surface area contributed by atoms with Gasteiger partial charge in [-0.25, -0.2) is 4.39 Å². The van der Waals surface area contributed by atoms with Crippen molar-refractivity contribution >= 4 is 17.5 Å². The highest BCUT2D eigenvalue weighted by Gasteiger charge is 2.24. The van der Waals surface area contributed by atoms with Crippen molar-refractivity contribution in [2.24, 2.45) is 0 Å². The van der Waals surface area contributed by atoms with Crippen molar-refractivity contribution < 1.29 is 9.18 Å². The molecule has 3 nitrogen and oxygen atoms in total. The van der Waals surface area contributed by atoms with Gasteiger partial charge >= 0.3 is 0 Å². The molecule has 1 unspecified atom stereocenters. The van der Waals surface area contributed by atoms with E-state index in [0.717, 1.165) is 37.3 Å². The largest absolute Gasteiger partial charge is 0.340 e. The summed E-state index contributed by atoms with van der Waals surface area (Å²) in [6, 6.07) is 13.9. The zero-order chi connectivity index (χ0) is 17.8. The maximum absolute atomic E-state index is 13.3. The number of carbonyl (C=O) groups is 1. The van der Waals surface area contributed by atoms with Gasteiger partial charge in [-0.3, -0.25) is 4.79 Å². The van der Waals surface area contributed by atoms with Gasteiger partial charge in [0.15, 0.2) is 0 Å². The maximum Gasteiger partial charge on any atom is 0.223 e. The van der Waals surface area contributed by atoms with E-state index in [4.69, 9.17) is 11.6 Å². The molecule has 5 heteroatoms. The molecular weight excluding hydrogens is 339 g/mol. The lowest BCUT2D eigenvalue weighted by Crippen LogP contribution is -2.47. The van der Waals surface area contributed by atoms with Crippen molar-refractivity contribution in [2.75, 3.05) is 33.2 Å². The lowest BCUT2D eigenvalue weighted by molar-refractivity contribution is -0.133. The number of rotatable bonds is 4. The third kappa shape index (κ3) is 4.59. The summed E-state index contributed by atoms with van der Waals surface area (Å²) < 4.78 is 13.3. The quantitative estimate of drug-likeness (QED) is 0.828. The second kappa shape index (κ2) is 7.98. The highest BCUT2D eigenvalue weighted by molar-refractivity contribution is 6.30. The summed E-state index contributed by atoms with van der Waals surface area (Å²) >= 11 is 5.99. The number of benzene rings is 2. The van der Waals surface area contributed by atoms with Crippen molar-refractivity contribution in [3.8, 4) is 0 Å². The molecule has 0 radical (unpaired) electrons. The standard InChI is InChI=1S/C20H22ClFN2O/c1-23-10-12-24(13-11-23)20(25)14-19(15-2-6-17(21)7-3-15)16-4-8-18(22)9-5-16/h2-9,19H,10-14H2,1H3. The molecule has 0 aromatic heterocycles. The molecule has 1 fully saturated rings. The fourth-order valence-electron chi connectivity index (χ4n) is 3.18. The minimum Gasteiger partial charge on any atom is -0.340 e. The number of nitrogens with zero attached hydrogens (tertiary/aromatic N) is 2. The molecule has 0 saturated carbocycles. The van der Waals surface area contributed by atoms with Gasteiger partial charge in [-0.15, -0.1) is 0 Å². The Morgan fingerprint density at radius 2 is 1.52 bits per heavy atom. The monoisotopic (exact) mass is 360 g/mol. The van der Waals surface area contributed by atoms with Gasteiger partial charge in [0.25, 0.3) is 0 Å². The summed E-state index contributed by atoms with van der Waals surface area (Å²) in [6.45, 7) is 3.31. The second-order valence-corrected chi connectivity index (χ2v) is 6.98. The Balaban J connectivity index is 1.82. The van der Waals surface area contributed by atoms with Crippen LogP contribution in [0.2, 0.25) is 5.02 Å². The summed E-state index contributed by atoms with van der Waals surface area (Å²) in [5.41, 5.74) is 1.95. The highest BCUT2D eigenvalue weighted by atomic mass is 35.5. The van der Waals surface area contributed by atoms with Gasteiger partial charge in [-0.1, -0.05) is 35.9 Å². The van der Waals surface area contributed by atoms with Gasteiger partial charge in [0.2, 0.25) is 5.91 Å². The van der Waals surface area contributed by atoms with Crippen LogP contribution in [0.3, 0.4) is 0 Å². The van der Waals surface area contributed by atoms with Crippen LogP contribution in [-0.2, 0) is 4.79 Å². The number of piperazine rings is 1. The molecule has 25 heavy (non-hydrogen) atoms. The average Bonchev–Trinajstić information content (AvgIpc) is 2.62. The van der Waals surface area contributed by atoms with Crippen molar-refractivity contribution in [1.29, 1.82) is 0 Å². The van der Waals surface area contributed by atoms with Crippen LogP contribution in [0, 0.1) is 5.82 Å². The molecule has 1 aliphatic rings. The van der Waals surface area contributed by atoms with Crippen LogP contribution in [0.15, 0.2) is 48.5 Å². The predicted molar refractivity (Wildman–Crippen MR) is 98.4 cm³/mol. The van der Waals surface area contributed by atoms with Crippen LogP contribution >= 0.6 is 11.6 Å². The third-order valence-electron chi connectivity index (χ3n) is 4.78. The average molecular weight is 361 g/mol. The van der Waals surface area contributed by atoms with Crippen molar-refractivity contribution in [1.82, 2.24) is 9.80 Å². The molecule has 1 aliphatic heterocycles. The van der Waals surface area contributed by atoms with Crippen LogP contribution in [0.1, 0.15) is 23.5 Å². The zero-order valence-electron chi connectivity index (χ0n) is 14.3. The highest BCUT2D eigenvalue weighted by Crippen LogP contribution is 2.30. The molecule has 1 saturated heterocycles. The number of halogens is 2. The number of hydrogen-bond acceptors (Lipinski definition) is 2. The lowest BCUT2D eigenvalue weighted by Gasteiger charge is -2.33. The third-order valence-corrected chi connectivity index (χ3v) is 5.03. The fraction of sp³-hybridized carbons (Fsp3) is 0.350. The maximum atomic E-state index is 13.3. The van der Waals surface area contributed by atoms with E-state index < -0.39 is 0 Å². The van der Waals surface area contributed by atoms with E-state index in [1.54, 1.807) is 12.1 Å². The first-order chi connectivity index (χ1) is 12.0. The van der Waals surface area contributed by atoms with Gasteiger partial charge in [0.1, 0.15) is 5.82 Å². The number of carbonyl (C=O) groups excluding carboxylic acids is 1. The smallest absolute Gasteiger partial charge is 0.223 e. The summed E-state index contributed by atoms with van der Waals surface area (Å²) in [6.07, 6.45) is 0.372. The van der Waals surface area contributed by atoms with Gasteiger partial charge in [-0.2, -0.15) is 0 Å². The number of hydrogen-bond donors (Lipinski definition) is 0. The van der Waals surface area contributed by atoms with Gasteiger partial charge < -0.3 is 9.80 Å². The van der Waals surface area contributed by atoms with E-state index in [9.17, 15) is 9.18 Å². The first-order valence-corrected chi connectivity index (χ1v) is 8.88. The second-order valence-electron chi connectivity index (χ2n) is 6.54. The molecule has 2 aromatic carbocycles. The van der Waals surface area contributed by atoms with E-state index in [-0.39, 0.29) is 17.6 Å². The van der Waals surface area contributed by atoms with Crippen LogP contribution in [0.5, 0.6) is 0 Å². The molecule has 2 aromatic rings. The zero-order valence-corrected chi connectivity index (χ0v) is 15.0. The first kappa shape index (κ1) is 17.9. The number of amides is 1. The van der Waals surface area contributed by atoms with Crippen molar-refractivity contribution in [3.05, 3.63) is 70.5 Å². The Morgan fingerprint density at radius 1 is 1.00 bits per heavy atom. The summed E-state index contributed by atoms with van der Waals surface area (Å²) in [7, 11) is 2.07. The van der Waals surface area contributed by atoms with E-state index in [0.29, 0.717) is 11.4 Å². The normalized spacial score (nSPS) is 16.7. The fourth-order valence-corrected chi connectivity index (χ4v) is 3.30. The first-order valence-electron chi connectivity index (χ1n) is 8.50. The van der Waals surface area contributed by atoms with Crippen molar-refractivity contribution in [2.45, 2.75) is 12.3 Å². The van der Waals surface area contributed by atoms with E-state index >= 15 is 0 Å². The van der Waals surface area contributed by atoms with E-state index in [2.05, 4.69) is 11.9 Å². The molecule has 3 rings (SSSR count).